The number of amides is 2. The first-order chi connectivity index (χ1) is 15.4. The lowest BCUT2D eigenvalue weighted by atomic mass is 9.95. The maximum absolute atomic E-state index is 12.9. The number of rotatable bonds is 6. The fourth-order valence-corrected chi connectivity index (χ4v) is 4.84. The summed E-state index contributed by atoms with van der Waals surface area (Å²) in [5.74, 6) is 1.60. The van der Waals surface area contributed by atoms with Gasteiger partial charge in [0.05, 0.1) is 6.61 Å². The highest BCUT2D eigenvalue weighted by Gasteiger charge is 2.33. The Kier molecular flexibility index (Phi) is 6.77. The van der Waals surface area contributed by atoms with Crippen LogP contribution in [0.15, 0.2) is 36.5 Å². The summed E-state index contributed by atoms with van der Waals surface area (Å²) < 4.78 is 5.82. The Morgan fingerprint density at radius 1 is 1.03 bits per heavy atom. The van der Waals surface area contributed by atoms with Crippen LogP contribution in [0.5, 0.6) is 5.88 Å². The van der Waals surface area contributed by atoms with Gasteiger partial charge in [0.1, 0.15) is 0 Å². The van der Waals surface area contributed by atoms with E-state index in [-0.39, 0.29) is 17.7 Å². The second kappa shape index (κ2) is 9.72. The third kappa shape index (κ3) is 5.47. The summed E-state index contributed by atoms with van der Waals surface area (Å²) in [6, 6.07) is 9.89. The molecule has 1 aromatic heterocycles. The molecule has 4 rings (SSSR count). The van der Waals surface area contributed by atoms with Crippen molar-refractivity contribution in [1.29, 1.82) is 0 Å². The maximum atomic E-state index is 12.9. The number of hydrogen-bond acceptors (Lipinski definition) is 4. The molecule has 1 atom stereocenters. The maximum Gasteiger partial charge on any atom is 0.253 e. The zero-order valence-corrected chi connectivity index (χ0v) is 19.3. The monoisotopic (exact) mass is 435 g/mol. The number of aryl methyl sites for hydroxylation is 3. The number of hydrogen-bond donors (Lipinski definition) is 0. The zero-order valence-electron chi connectivity index (χ0n) is 19.3. The Hall–Kier alpha value is -2.89. The average molecular weight is 436 g/mol. The highest BCUT2D eigenvalue weighted by molar-refractivity contribution is 5.94. The number of likely N-dealkylation sites (tertiary alicyclic amines) is 2. The van der Waals surface area contributed by atoms with Crippen LogP contribution in [0.2, 0.25) is 0 Å². The van der Waals surface area contributed by atoms with Crippen molar-refractivity contribution >= 4 is 11.8 Å². The lowest BCUT2D eigenvalue weighted by molar-refractivity contribution is -0.128. The van der Waals surface area contributed by atoms with Gasteiger partial charge in [-0.15, -0.1) is 0 Å². The molecule has 6 heteroatoms. The van der Waals surface area contributed by atoms with Crippen molar-refractivity contribution in [3.63, 3.8) is 0 Å². The molecule has 0 N–H and O–H groups in total. The second-order valence-electron chi connectivity index (χ2n) is 9.46. The van der Waals surface area contributed by atoms with Crippen LogP contribution >= 0.6 is 0 Å². The Balaban J connectivity index is 1.24. The molecular formula is C26H33N3O3. The summed E-state index contributed by atoms with van der Waals surface area (Å²) >= 11 is 0. The van der Waals surface area contributed by atoms with Crippen molar-refractivity contribution < 1.29 is 14.3 Å². The normalized spacial score (nSPS) is 19.5. The molecule has 170 valence electrons. The summed E-state index contributed by atoms with van der Waals surface area (Å²) in [5.41, 5.74) is 4.13. The molecule has 1 unspecified atom stereocenters. The summed E-state index contributed by atoms with van der Waals surface area (Å²) in [6.07, 6.45) is 4.16. The van der Waals surface area contributed by atoms with E-state index in [2.05, 4.69) is 11.1 Å². The Morgan fingerprint density at radius 2 is 1.75 bits per heavy atom. The lowest BCUT2D eigenvalue weighted by Gasteiger charge is -2.34. The molecule has 2 fully saturated rings. The van der Waals surface area contributed by atoms with E-state index in [1.807, 2.05) is 54.8 Å². The van der Waals surface area contributed by atoms with Crippen LogP contribution in [0.1, 0.15) is 46.3 Å². The third-order valence-electron chi connectivity index (χ3n) is 6.50. The van der Waals surface area contributed by atoms with Gasteiger partial charge in [0.15, 0.2) is 0 Å². The van der Waals surface area contributed by atoms with Gasteiger partial charge in [0.2, 0.25) is 11.8 Å². The van der Waals surface area contributed by atoms with E-state index in [0.29, 0.717) is 24.8 Å². The van der Waals surface area contributed by atoms with E-state index in [1.165, 1.54) is 0 Å². The Labute approximate surface area is 190 Å². The molecule has 2 saturated heterocycles. The van der Waals surface area contributed by atoms with E-state index in [0.717, 1.165) is 61.3 Å². The van der Waals surface area contributed by atoms with Crippen molar-refractivity contribution in [2.75, 3.05) is 32.8 Å². The summed E-state index contributed by atoms with van der Waals surface area (Å²) in [7, 11) is 0. The topological polar surface area (TPSA) is 62.7 Å². The van der Waals surface area contributed by atoms with Gasteiger partial charge in [-0.2, -0.15) is 0 Å². The van der Waals surface area contributed by atoms with Crippen LogP contribution in [0.3, 0.4) is 0 Å². The zero-order chi connectivity index (χ0) is 22.7. The minimum Gasteiger partial charge on any atom is -0.477 e. The molecule has 0 spiro atoms. The van der Waals surface area contributed by atoms with Crippen molar-refractivity contribution in [3.8, 4) is 5.88 Å². The van der Waals surface area contributed by atoms with Crippen molar-refractivity contribution in [2.45, 2.75) is 40.0 Å². The van der Waals surface area contributed by atoms with Gasteiger partial charge in [0, 0.05) is 56.3 Å². The van der Waals surface area contributed by atoms with Crippen molar-refractivity contribution in [1.82, 2.24) is 14.8 Å². The molecular weight excluding hydrogens is 402 g/mol. The van der Waals surface area contributed by atoms with Crippen LogP contribution in [0.4, 0.5) is 0 Å². The third-order valence-corrected chi connectivity index (χ3v) is 6.50. The molecule has 1 aromatic carbocycles. The van der Waals surface area contributed by atoms with E-state index < -0.39 is 0 Å². The van der Waals surface area contributed by atoms with Gasteiger partial charge in [-0.1, -0.05) is 17.2 Å². The van der Waals surface area contributed by atoms with Gasteiger partial charge in [-0.3, -0.25) is 9.59 Å². The average Bonchev–Trinajstić information content (AvgIpc) is 3.11. The molecule has 3 heterocycles. The van der Waals surface area contributed by atoms with Crippen LogP contribution in [0, 0.1) is 32.6 Å². The SMILES string of the molecule is Cc1cc(C)cc(C(=O)N2CCC(CN3CC(COc4cc(C)ccn4)CC3=O)CC2)c1. The molecule has 2 amide bonds. The molecule has 2 aliphatic heterocycles. The number of aromatic nitrogens is 1. The molecule has 2 aliphatic rings. The van der Waals surface area contributed by atoms with Gasteiger partial charge < -0.3 is 14.5 Å². The molecule has 0 aliphatic carbocycles. The Morgan fingerprint density at radius 3 is 2.44 bits per heavy atom. The summed E-state index contributed by atoms with van der Waals surface area (Å²) in [6.45, 7) is 9.61. The number of ether oxygens (including phenoxy) is 1. The van der Waals surface area contributed by atoms with Crippen LogP contribution in [-0.2, 0) is 4.79 Å². The number of piperidine rings is 1. The smallest absolute Gasteiger partial charge is 0.253 e. The van der Waals surface area contributed by atoms with E-state index in [9.17, 15) is 9.59 Å². The Bertz CT molecular complexity index is 962. The molecule has 2 aromatic rings. The number of pyridine rings is 1. The largest absolute Gasteiger partial charge is 0.477 e. The second-order valence-corrected chi connectivity index (χ2v) is 9.46. The van der Waals surface area contributed by atoms with Gasteiger partial charge >= 0.3 is 0 Å². The lowest BCUT2D eigenvalue weighted by Crippen LogP contribution is -2.42. The molecule has 6 nitrogen and oxygen atoms in total. The first kappa shape index (κ1) is 22.3. The first-order valence-electron chi connectivity index (χ1n) is 11.6. The highest BCUT2D eigenvalue weighted by atomic mass is 16.5. The molecule has 32 heavy (non-hydrogen) atoms. The summed E-state index contributed by atoms with van der Waals surface area (Å²) in [5, 5.41) is 0. The molecule has 0 radical (unpaired) electrons. The molecule has 0 bridgehead atoms. The van der Waals surface area contributed by atoms with Gasteiger partial charge in [0.25, 0.3) is 5.91 Å². The van der Waals surface area contributed by atoms with Crippen LogP contribution in [0.25, 0.3) is 0 Å². The standard InChI is InChI=1S/C26H33N3O3/c1-18-4-7-27-24(13-18)32-17-22-14-25(30)29(16-22)15-21-5-8-28(9-6-21)26(31)23-11-19(2)10-20(3)12-23/h4,7,10-13,21-22H,5-6,8-9,14-17H2,1-3H3. The molecule has 0 saturated carbocycles. The summed E-state index contributed by atoms with van der Waals surface area (Å²) in [4.78, 5) is 33.6. The minimum absolute atomic E-state index is 0.120. The van der Waals surface area contributed by atoms with E-state index in [4.69, 9.17) is 4.74 Å². The predicted molar refractivity (Wildman–Crippen MR) is 124 cm³/mol. The quantitative estimate of drug-likeness (QED) is 0.693. The van der Waals surface area contributed by atoms with Crippen molar-refractivity contribution in [2.24, 2.45) is 11.8 Å². The first-order valence-corrected chi connectivity index (χ1v) is 11.6. The van der Waals surface area contributed by atoms with Gasteiger partial charge in [-0.25, -0.2) is 4.98 Å². The fraction of sp³-hybridized carbons (Fsp3) is 0.500. The van der Waals surface area contributed by atoms with Crippen LogP contribution < -0.4 is 4.74 Å². The highest BCUT2D eigenvalue weighted by Crippen LogP contribution is 2.25. The predicted octanol–water partition coefficient (Wildman–Crippen LogP) is 3.79. The van der Waals surface area contributed by atoms with E-state index >= 15 is 0 Å². The number of benzene rings is 1. The number of carbonyl (C=O) groups is 2. The van der Waals surface area contributed by atoms with Crippen molar-refractivity contribution in [3.05, 3.63) is 58.8 Å². The van der Waals surface area contributed by atoms with Gasteiger partial charge in [-0.05, 0) is 63.3 Å². The minimum atomic E-state index is 0.120. The number of nitrogens with zero attached hydrogens (tertiary/aromatic N) is 3. The fourth-order valence-electron chi connectivity index (χ4n) is 4.84. The van der Waals surface area contributed by atoms with Crippen LogP contribution in [-0.4, -0.2) is 59.4 Å². The number of carbonyl (C=O) groups excluding carboxylic acids is 2. The van der Waals surface area contributed by atoms with E-state index in [1.54, 1.807) is 6.20 Å².